The summed E-state index contributed by atoms with van der Waals surface area (Å²) in [6.07, 6.45) is 7.94. The second-order valence-corrected chi connectivity index (χ2v) is 11.8. The minimum Gasteiger partial charge on any atom is -0.345 e. The number of benzene rings is 2. The van der Waals surface area contributed by atoms with Gasteiger partial charge in [-0.1, -0.05) is 29.8 Å². The van der Waals surface area contributed by atoms with E-state index in [0.29, 0.717) is 28.0 Å². The van der Waals surface area contributed by atoms with Crippen molar-refractivity contribution in [2.45, 2.75) is 57.4 Å². The maximum Gasteiger partial charge on any atom is 0.253 e. The highest BCUT2D eigenvalue weighted by Crippen LogP contribution is 2.43. The summed E-state index contributed by atoms with van der Waals surface area (Å²) in [5.41, 5.74) is 3.65. The molecule has 1 saturated carbocycles. The van der Waals surface area contributed by atoms with Crippen LogP contribution in [0.25, 0.3) is 0 Å². The summed E-state index contributed by atoms with van der Waals surface area (Å²) < 4.78 is 0. The standard InChI is InChI=1S/C30H34ClN3O3/c31-25-4-2-1-3-23(25)27(35)32-26-10-9-20-5-8-22(19-24(20)26)29(37)34-17-13-30(14-18-34)11-15-33(16-12-30)28(36)21-6-7-21/h1-5,8,19,21,26H,6-7,9-18H2,(H,32,35). The van der Waals surface area contributed by atoms with Crippen LogP contribution in [-0.2, 0) is 11.2 Å². The largest absolute Gasteiger partial charge is 0.345 e. The number of halogens is 1. The molecule has 1 N–H and O–H groups in total. The van der Waals surface area contributed by atoms with E-state index in [0.717, 1.165) is 83.1 Å². The second kappa shape index (κ2) is 9.79. The molecule has 194 valence electrons. The fraction of sp³-hybridized carbons (Fsp3) is 0.500. The lowest BCUT2D eigenvalue weighted by molar-refractivity contribution is -0.135. The van der Waals surface area contributed by atoms with E-state index in [1.54, 1.807) is 18.2 Å². The quantitative estimate of drug-likeness (QED) is 0.617. The number of nitrogens with zero attached hydrogens (tertiary/aromatic N) is 2. The Morgan fingerprint density at radius 1 is 0.865 bits per heavy atom. The Kier molecular flexibility index (Phi) is 6.47. The van der Waals surface area contributed by atoms with Crippen molar-refractivity contribution in [3.8, 4) is 0 Å². The van der Waals surface area contributed by atoms with Crippen LogP contribution in [0.2, 0.25) is 5.02 Å². The molecular formula is C30H34ClN3O3. The van der Waals surface area contributed by atoms with E-state index < -0.39 is 0 Å². The summed E-state index contributed by atoms with van der Waals surface area (Å²) in [4.78, 5) is 42.8. The molecule has 3 amide bonds. The Morgan fingerprint density at radius 2 is 1.54 bits per heavy atom. The van der Waals surface area contributed by atoms with Gasteiger partial charge in [0.1, 0.15) is 0 Å². The predicted octanol–water partition coefficient (Wildman–Crippen LogP) is 5.01. The van der Waals surface area contributed by atoms with Crippen LogP contribution >= 0.6 is 11.6 Å². The van der Waals surface area contributed by atoms with E-state index in [1.165, 1.54) is 5.56 Å². The number of nitrogens with one attached hydrogen (secondary N) is 1. The number of likely N-dealkylation sites (tertiary alicyclic amines) is 2. The maximum atomic E-state index is 13.5. The molecule has 1 spiro atoms. The number of amides is 3. The second-order valence-electron chi connectivity index (χ2n) is 11.3. The molecule has 6 nitrogen and oxygen atoms in total. The molecule has 6 rings (SSSR count). The Morgan fingerprint density at radius 3 is 2.22 bits per heavy atom. The molecule has 7 heteroatoms. The number of piperidine rings is 2. The van der Waals surface area contributed by atoms with Gasteiger partial charge in [-0.25, -0.2) is 0 Å². The average Bonchev–Trinajstić information content (AvgIpc) is 3.70. The van der Waals surface area contributed by atoms with Gasteiger partial charge in [0, 0.05) is 37.7 Å². The van der Waals surface area contributed by atoms with E-state index in [-0.39, 0.29) is 23.3 Å². The van der Waals surface area contributed by atoms with Crippen LogP contribution in [0.15, 0.2) is 42.5 Å². The van der Waals surface area contributed by atoms with Crippen molar-refractivity contribution in [3.05, 3.63) is 69.7 Å². The SMILES string of the molecule is O=C(NC1CCc2ccc(C(=O)N3CCC4(CC3)CCN(C(=O)C3CC3)CC4)cc21)c1ccccc1Cl. The number of carbonyl (C=O) groups excluding carboxylic acids is 3. The van der Waals surface area contributed by atoms with Crippen LogP contribution in [0.5, 0.6) is 0 Å². The molecule has 2 saturated heterocycles. The number of hydrogen-bond acceptors (Lipinski definition) is 3. The minimum absolute atomic E-state index is 0.0714. The summed E-state index contributed by atoms with van der Waals surface area (Å²) in [5, 5.41) is 3.56. The molecule has 2 heterocycles. The lowest BCUT2D eigenvalue weighted by atomic mass is 9.71. The van der Waals surface area contributed by atoms with E-state index in [4.69, 9.17) is 11.6 Å². The van der Waals surface area contributed by atoms with Crippen LogP contribution in [-0.4, -0.2) is 53.7 Å². The Bertz CT molecular complexity index is 1220. The highest BCUT2D eigenvalue weighted by atomic mass is 35.5. The van der Waals surface area contributed by atoms with E-state index in [1.807, 2.05) is 29.2 Å². The Balaban J connectivity index is 1.08. The van der Waals surface area contributed by atoms with Crippen molar-refractivity contribution in [1.29, 1.82) is 0 Å². The number of fused-ring (bicyclic) bond motifs is 1. The maximum absolute atomic E-state index is 13.5. The van der Waals surface area contributed by atoms with Crippen LogP contribution < -0.4 is 5.32 Å². The summed E-state index contributed by atoms with van der Waals surface area (Å²) in [5.74, 6) is 0.541. The smallest absolute Gasteiger partial charge is 0.253 e. The topological polar surface area (TPSA) is 69.7 Å². The van der Waals surface area contributed by atoms with Gasteiger partial charge in [0.15, 0.2) is 0 Å². The van der Waals surface area contributed by atoms with Gasteiger partial charge in [0.05, 0.1) is 16.6 Å². The molecule has 1 atom stereocenters. The van der Waals surface area contributed by atoms with E-state index in [2.05, 4.69) is 10.2 Å². The van der Waals surface area contributed by atoms with Gasteiger partial charge in [-0.15, -0.1) is 0 Å². The van der Waals surface area contributed by atoms with Crippen molar-refractivity contribution in [2.75, 3.05) is 26.2 Å². The molecule has 0 aromatic heterocycles. The third kappa shape index (κ3) is 4.88. The fourth-order valence-corrected chi connectivity index (χ4v) is 6.64. The van der Waals surface area contributed by atoms with Gasteiger partial charge < -0.3 is 15.1 Å². The lowest BCUT2D eigenvalue weighted by Crippen LogP contribution is -2.49. The van der Waals surface area contributed by atoms with Crippen molar-refractivity contribution in [2.24, 2.45) is 11.3 Å². The number of hydrogen-bond donors (Lipinski definition) is 1. The Labute approximate surface area is 223 Å². The molecule has 2 aliphatic carbocycles. The van der Waals surface area contributed by atoms with E-state index >= 15 is 0 Å². The number of aryl methyl sites for hydroxylation is 1. The molecular weight excluding hydrogens is 486 g/mol. The summed E-state index contributed by atoms with van der Waals surface area (Å²) >= 11 is 6.22. The molecule has 4 aliphatic rings. The van der Waals surface area contributed by atoms with Crippen LogP contribution in [0, 0.1) is 11.3 Å². The highest BCUT2D eigenvalue weighted by Gasteiger charge is 2.42. The number of rotatable bonds is 4. The monoisotopic (exact) mass is 519 g/mol. The fourth-order valence-electron chi connectivity index (χ4n) is 6.42. The van der Waals surface area contributed by atoms with Crippen molar-refractivity contribution in [3.63, 3.8) is 0 Å². The molecule has 2 aliphatic heterocycles. The van der Waals surface area contributed by atoms with Crippen molar-refractivity contribution < 1.29 is 14.4 Å². The third-order valence-electron chi connectivity index (χ3n) is 9.07. The Hall–Kier alpha value is -2.86. The van der Waals surface area contributed by atoms with Crippen molar-refractivity contribution >= 4 is 29.3 Å². The van der Waals surface area contributed by atoms with E-state index in [9.17, 15) is 14.4 Å². The molecule has 1 unspecified atom stereocenters. The van der Waals surface area contributed by atoms with Gasteiger partial charge in [0.25, 0.3) is 11.8 Å². The van der Waals surface area contributed by atoms with Gasteiger partial charge >= 0.3 is 0 Å². The van der Waals surface area contributed by atoms with Crippen LogP contribution in [0.4, 0.5) is 0 Å². The van der Waals surface area contributed by atoms with Crippen molar-refractivity contribution in [1.82, 2.24) is 15.1 Å². The van der Waals surface area contributed by atoms with Gasteiger partial charge in [0.2, 0.25) is 5.91 Å². The predicted molar refractivity (Wildman–Crippen MR) is 143 cm³/mol. The molecule has 37 heavy (non-hydrogen) atoms. The molecule has 0 bridgehead atoms. The van der Waals surface area contributed by atoms with Crippen LogP contribution in [0.3, 0.4) is 0 Å². The first-order chi connectivity index (χ1) is 17.9. The van der Waals surface area contributed by atoms with Gasteiger partial charge in [-0.3, -0.25) is 14.4 Å². The highest BCUT2D eigenvalue weighted by molar-refractivity contribution is 6.33. The van der Waals surface area contributed by atoms with Gasteiger partial charge in [-0.05, 0) is 92.2 Å². The third-order valence-corrected chi connectivity index (χ3v) is 9.40. The molecule has 3 fully saturated rings. The normalized spacial score (nSPS) is 22.6. The average molecular weight is 520 g/mol. The summed E-state index contributed by atoms with van der Waals surface area (Å²) in [6, 6.07) is 12.9. The first kappa shape index (κ1) is 24.5. The summed E-state index contributed by atoms with van der Waals surface area (Å²) in [6.45, 7) is 3.27. The minimum atomic E-state index is -0.189. The molecule has 0 radical (unpaired) electrons. The zero-order valence-electron chi connectivity index (χ0n) is 21.2. The summed E-state index contributed by atoms with van der Waals surface area (Å²) in [7, 11) is 0. The zero-order chi connectivity index (χ0) is 25.6. The lowest BCUT2D eigenvalue weighted by Gasteiger charge is -2.47. The zero-order valence-corrected chi connectivity index (χ0v) is 21.9. The first-order valence-corrected chi connectivity index (χ1v) is 14.1. The molecule has 2 aromatic rings. The van der Waals surface area contributed by atoms with Gasteiger partial charge in [-0.2, -0.15) is 0 Å². The van der Waals surface area contributed by atoms with Crippen LogP contribution in [0.1, 0.15) is 82.8 Å². The first-order valence-electron chi connectivity index (χ1n) is 13.7. The molecule has 2 aromatic carbocycles. The number of carbonyl (C=O) groups is 3.